The summed E-state index contributed by atoms with van der Waals surface area (Å²) >= 11 is 0. The Hall–Kier alpha value is -1.56. The Morgan fingerprint density at radius 3 is 2.44 bits per heavy atom. The first-order chi connectivity index (χ1) is 8.20. The number of hydrogen-bond donors (Lipinski definition) is 2. The summed E-state index contributed by atoms with van der Waals surface area (Å²) in [6.45, 7) is 9.42. The Bertz CT molecular complexity index is 354. The summed E-state index contributed by atoms with van der Waals surface area (Å²) < 4.78 is 5.17. The SMILES string of the molecule is C=CCNC1(C(=O)O)CN(C(=O)OC(C)(C)C)C1. The zero-order chi connectivity index (χ0) is 14.0. The summed E-state index contributed by atoms with van der Waals surface area (Å²) in [5.41, 5.74) is -1.65. The molecule has 0 aromatic rings. The lowest BCUT2D eigenvalue weighted by molar-refractivity contribution is -0.152. The predicted molar refractivity (Wildman–Crippen MR) is 66.4 cm³/mol. The highest BCUT2D eigenvalue weighted by Crippen LogP contribution is 2.23. The molecule has 102 valence electrons. The van der Waals surface area contributed by atoms with Gasteiger partial charge in [-0.1, -0.05) is 6.08 Å². The Morgan fingerprint density at radius 1 is 1.50 bits per heavy atom. The molecule has 0 atom stereocenters. The Labute approximate surface area is 107 Å². The van der Waals surface area contributed by atoms with Crippen LogP contribution in [0.4, 0.5) is 4.79 Å². The maximum Gasteiger partial charge on any atom is 0.410 e. The van der Waals surface area contributed by atoms with Gasteiger partial charge in [0.15, 0.2) is 5.54 Å². The van der Waals surface area contributed by atoms with Crippen molar-refractivity contribution in [2.24, 2.45) is 0 Å². The molecule has 1 fully saturated rings. The molecule has 1 heterocycles. The lowest BCUT2D eigenvalue weighted by Crippen LogP contribution is -2.74. The van der Waals surface area contributed by atoms with Gasteiger partial charge in [-0.05, 0) is 20.8 Å². The molecule has 1 rings (SSSR count). The van der Waals surface area contributed by atoms with Crippen LogP contribution in [-0.4, -0.2) is 52.8 Å². The van der Waals surface area contributed by atoms with Gasteiger partial charge in [0.05, 0.1) is 13.1 Å². The van der Waals surface area contributed by atoms with Gasteiger partial charge in [0.1, 0.15) is 5.60 Å². The van der Waals surface area contributed by atoms with Crippen molar-refractivity contribution in [3.05, 3.63) is 12.7 Å². The number of carbonyl (C=O) groups is 2. The first-order valence-electron chi connectivity index (χ1n) is 5.77. The second kappa shape index (κ2) is 4.97. The maximum absolute atomic E-state index is 11.7. The van der Waals surface area contributed by atoms with Crippen molar-refractivity contribution in [3.63, 3.8) is 0 Å². The van der Waals surface area contributed by atoms with Gasteiger partial charge in [0, 0.05) is 6.54 Å². The van der Waals surface area contributed by atoms with E-state index in [0.717, 1.165) is 0 Å². The average Bonchev–Trinajstić information content (AvgIpc) is 2.12. The molecule has 1 amide bonds. The molecule has 0 unspecified atom stereocenters. The highest BCUT2D eigenvalue weighted by molar-refractivity contribution is 5.84. The monoisotopic (exact) mass is 256 g/mol. The van der Waals surface area contributed by atoms with Crippen molar-refractivity contribution in [1.82, 2.24) is 10.2 Å². The van der Waals surface area contributed by atoms with Gasteiger partial charge in [0.25, 0.3) is 0 Å². The van der Waals surface area contributed by atoms with Gasteiger partial charge in [-0.3, -0.25) is 10.1 Å². The Morgan fingerprint density at radius 2 is 2.06 bits per heavy atom. The maximum atomic E-state index is 11.7. The molecule has 0 aromatic carbocycles. The Balaban J connectivity index is 2.56. The molecular formula is C12H20N2O4. The molecule has 18 heavy (non-hydrogen) atoms. The van der Waals surface area contributed by atoms with E-state index in [1.54, 1.807) is 26.8 Å². The lowest BCUT2D eigenvalue weighted by atomic mass is 9.90. The minimum Gasteiger partial charge on any atom is -0.480 e. The van der Waals surface area contributed by atoms with E-state index in [9.17, 15) is 9.59 Å². The van der Waals surface area contributed by atoms with Crippen LogP contribution in [0.2, 0.25) is 0 Å². The molecule has 1 aliphatic rings. The summed E-state index contributed by atoms with van der Waals surface area (Å²) in [5.74, 6) is -0.968. The van der Waals surface area contributed by atoms with Crippen LogP contribution in [-0.2, 0) is 9.53 Å². The van der Waals surface area contributed by atoms with Gasteiger partial charge < -0.3 is 14.7 Å². The molecule has 0 aromatic heterocycles. The Kier molecular flexibility index (Phi) is 4.01. The molecule has 0 bridgehead atoms. The number of likely N-dealkylation sites (tertiary alicyclic amines) is 1. The number of carboxylic acid groups (broad SMARTS) is 1. The van der Waals surface area contributed by atoms with Crippen molar-refractivity contribution in [2.45, 2.75) is 31.9 Å². The molecular weight excluding hydrogens is 236 g/mol. The quantitative estimate of drug-likeness (QED) is 0.729. The molecule has 0 aliphatic carbocycles. The molecule has 0 spiro atoms. The lowest BCUT2D eigenvalue weighted by Gasteiger charge is -2.47. The largest absolute Gasteiger partial charge is 0.480 e. The number of nitrogens with zero attached hydrogens (tertiary/aromatic N) is 1. The number of aliphatic carboxylic acids is 1. The topological polar surface area (TPSA) is 78.9 Å². The van der Waals surface area contributed by atoms with Crippen molar-refractivity contribution >= 4 is 12.1 Å². The number of rotatable bonds is 4. The van der Waals surface area contributed by atoms with E-state index in [-0.39, 0.29) is 13.1 Å². The summed E-state index contributed by atoms with van der Waals surface area (Å²) in [4.78, 5) is 24.2. The molecule has 0 radical (unpaired) electrons. The number of carbonyl (C=O) groups excluding carboxylic acids is 1. The summed E-state index contributed by atoms with van der Waals surface area (Å²) in [6.07, 6.45) is 1.10. The van der Waals surface area contributed by atoms with Gasteiger partial charge in [-0.2, -0.15) is 0 Å². The predicted octanol–water partition coefficient (Wildman–Crippen LogP) is 0.836. The van der Waals surface area contributed by atoms with E-state index in [2.05, 4.69) is 11.9 Å². The average molecular weight is 256 g/mol. The highest BCUT2D eigenvalue weighted by atomic mass is 16.6. The van der Waals surface area contributed by atoms with Crippen molar-refractivity contribution in [1.29, 1.82) is 0 Å². The fourth-order valence-corrected chi connectivity index (χ4v) is 1.65. The molecule has 0 saturated carbocycles. The highest BCUT2D eigenvalue weighted by Gasteiger charge is 2.52. The van der Waals surface area contributed by atoms with Gasteiger partial charge in [-0.15, -0.1) is 6.58 Å². The molecule has 1 saturated heterocycles. The number of hydrogen-bond acceptors (Lipinski definition) is 4. The summed E-state index contributed by atoms with van der Waals surface area (Å²) in [6, 6.07) is 0. The molecule has 6 heteroatoms. The smallest absolute Gasteiger partial charge is 0.410 e. The van der Waals surface area contributed by atoms with Crippen LogP contribution in [0, 0.1) is 0 Å². The summed E-state index contributed by atoms with van der Waals surface area (Å²) in [5, 5.41) is 12.0. The van der Waals surface area contributed by atoms with E-state index in [1.807, 2.05) is 0 Å². The van der Waals surface area contributed by atoms with Crippen molar-refractivity contribution < 1.29 is 19.4 Å². The second-order valence-corrected chi connectivity index (χ2v) is 5.39. The number of amides is 1. The number of carboxylic acids is 1. The van der Waals surface area contributed by atoms with Crippen LogP contribution in [0.1, 0.15) is 20.8 Å². The van der Waals surface area contributed by atoms with Crippen molar-refractivity contribution in [2.75, 3.05) is 19.6 Å². The molecule has 6 nitrogen and oxygen atoms in total. The molecule has 1 aliphatic heterocycles. The standard InChI is InChI=1S/C12H20N2O4/c1-5-6-13-12(9(15)16)7-14(8-12)10(17)18-11(2,3)4/h5,13H,1,6-8H2,2-4H3,(H,15,16). The third-order valence-corrected chi connectivity index (χ3v) is 2.57. The van der Waals surface area contributed by atoms with Crippen molar-refractivity contribution in [3.8, 4) is 0 Å². The third-order valence-electron chi connectivity index (χ3n) is 2.57. The first-order valence-corrected chi connectivity index (χ1v) is 5.77. The van der Waals surface area contributed by atoms with Gasteiger partial charge in [-0.25, -0.2) is 4.79 Å². The first kappa shape index (κ1) is 14.5. The molecule has 2 N–H and O–H groups in total. The number of ether oxygens (including phenoxy) is 1. The fourth-order valence-electron chi connectivity index (χ4n) is 1.65. The number of nitrogens with one attached hydrogen (secondary N) is 1. The van der Waals surface area contributed by atoms with E-state index >= 15 is 0 Å². The van der Waals surface area contributed by atoms with Crippen LogP contribution < -0.4 is 5.32 Å². The van der Waals surface area contributed by atoms with E-state index < -0.39 is 23.2 Å². The van der Waals surface area contributed by atoms with Crippen LogP contribution in [0.25, 0.3) is 0 Å². The normalized spacial score (nSPS) is 17.8. The van der Waals surface area contributed by atoms with E-state index in [4.69, 9.17) is 9.84 Å². The van der Waals surface area contributed by atoms with Crippen LogP contribution in [0.5, 0.6) is 0 Å². The van der Waals surface area contributed by atoms with Gasteiger partial charge in [0.2, 0.25) is 0 Å². The minimum atomic E-state index is -1.08. The fraction of sp³-hybridized carbons (Fsp3) is 0.667. The van der Waals surface area contributed by atoms with Crippen LogP contribution >= 0.6 is 0 Å². The zero-order valence-corrected chi connectivity index (χ0v) is 11.0. The van der Waals surface area contributed by atoms with Crippen LogP contribution in [0.15, 0.2) is 12.7 Å². The van der Waals surface area contributed by atoms with Crippen LogP contribution in [0.3, 0.4) is 0 Å². The zero-order valence-electron chi connectivity index (χ0n) is 11.0. The third kappa shape index (κ3) is 3.22. The van der Waals surface area contributed by atoms with E-state index in [0.29, 0.717) is 6.54 Å². The van der Waals surface area contributed by atoms with E-state index in [1.165, 1.54) is 4.90 Å². The second-order valence-electron chi connectivity index (χ2n) is 5.39. The van der Waals surface area contributed by atoms with Gasteiger partial charge >= 0.3 is 12.1 Å². The summed E-state index contributed by atoms with van der Waals surface area (Å²) in [7, 11) is 0. The minimum absolute atomic E-state index is 0.102.